The van der Waals surface area contributed by atoms with Crippen LogP contribution in [0.2, 0.25) is 10.0 Å². The molecule has 1 aromatic carbocycles. The van der Waals surface area contributed by atoms with E-state index >= 15 is 0 Å². The van der Waals surface area contributed by atoms with E-state index in [1.54, 1.807) is 26.8 Å². The average Bonchev–Trinajstić information content (AvgIpc) is 2.35. The second-order valence-electron chi connectivity index (χ2n) is 5.83. The molecule has 3 N–H and O–H groups in total. The molecule has 0 aliphatic heterocycles. The van der Waals surface area contributed by atoms with Gasteiger partial charge in [-0.15, -0.1) is 0 Å². The first-order valence-electron chi connectivity index (χ1n) is 6.65. The van der Waals surface area contributed by atoms with Gasteiger partial charge < -0.3 is 5.73 Å². The third-order valence-corrected chi connectivity index (χ3v) is 6.70. The number of halogens is 2. The molecule has 0 saturated carbocycles. The second-order valence-corrected chi connectivity index (χ2v) is 8.23. The lowest BCUT2D eigenvalue weighted by Gasteiger charge is -2.33. The Morgan fingerprint density at radius 1 is 1.33 bits per heavy atom. The van der Waals surface area contributed by atoms with Crippen LogP contribution in [0.4, 0.5) is 0 Å². The first kappa shape index (κ1) is 18.7. The van der Waals surface area contributed by atoms with Crippen LogP contribution in [0.5, 0.6) is 0 Å². The summed E-state index contributed by atoms with van der Waals surface area (Å²) in [5.74, 6) is 0.0247. The summed E-state index contributed by atoms with van der Waals surface area (Å²) in [6.07, 6.45) is 0. The topological polar surface area (TPSA) is 72.2 Å². The highest BCUT2D eigenvalue weighted by Crippen LogP contribution is 2.34. The van der Waals surface area contributed by atoms with Gasteiger partial charge in [0.05, 0.1) is 5.02 Å². The van der Waals surface area contributed by atoms with Gasteiger partial charge in [-0.05, 0) is 43.9 Å². The summed E-state index contributed by atoms with van der Waals surface area (Å²) in [5.41, 5.74) is 6.03. The first-order chi connectivity index (χ1) is 9.46. The lowest BCUT2D eigenvalue weighted by molar-refractivity contribution is 0.315. The Morgan fingerprint density at radius 3 is 2.29 bits per heavy atom. The van der Waals surface area contributed by atoms with Crippen LogP contribution in [0.15, 0.2) is 11.0 Å². The molecule has 0 spiro atoms. The van der Waals surface area contributed by atoms with Crippen molar-refractivity contribution in [2.24, 2.45) is 11.7 Å². The largest absolute Gasteiger partial charge is 0.329 e. The molecule has 0 amide bonds. The maximum absolute atomic E-state index is 12.7. The molecule has 7 heteroatoms. The van der Waals surface area contributed by atoms with Gasteiger partial charge in [-0.25, -0.2) is 13.1 Å². The molecule has 1 unspecified atom stereocenters. The van der Waals surface area contributed by atoms with Crippen LogP contribution in [0.25, 0.3) is 0 Å². The summed E-state index contributed by atoms with van der Waals surface area (Å²) in [7, 11) is -3.83. The van der Waals surface area contributed by atoms with Crippen molar-refractivity contribution in [3.8, 4) is 0 Å². The van der Waals surface area contributed by atoms with Crippen LogP contribution < -0.4 is 10.5 Å². The average molecular weight is 353 g/mol. The zero-order chi connectivity index (χ0) is 16.6. The van der Waals surface area contributed by atoms with Crippen LogP contribution in [0.3, 0.4) is 0 Å². The standard InChI is InChI=1S/C14H22Cl2N2O2S/c1-8(2)14(5,7-17)18-21(19,20)13-10(4)11(15)6-9(3)12(13)16/h6,8,18H,7,17H2,1-5H3. The van der Waals surface area contributed by atoms with Crippen molar-refractivity contribution in [2.75, 3.05) is 6.54 Å². The predicted molar refractivity (Wildman–Crippen MR) is 88.6 cm³/mol. The normalized spacial score (nSPS) is 15.3. The minimum absolute atomic E-state index is 0.0227. The molecule has 0 radical (unpaired) electrons. The third kappa shape index (κ3) is 3.71. The molecule has 0 bridgehead atoms. The number of sulfonamides is 1. The third-order valence-electron chi connectivity index (χ3n) is 3.92. The van der Waals surface area contributed by atoms with Gasteiger partial charge in [-0.3, -0.25) is 0 Å². The maximum atomic E-state index is 12.7. The Hall–Kier alpha value is -0.330. The van der Waals surface area contributed by atoms with E-state index in [2.05, 4.69) is 4.72 Å². The Bertz CT molecular complexity index is 619. The Labute approximate surface area is 137 Å². The smallest absolute Gasteiger partial charge is 0.242 e. The molecule has 1 rings (SSSR count). The van der Waals surface area contributed by atoms with Crippen molar-refractivity contribution in [1.82, 2.24) is 4.72 Å². The van der Waals surface area contributed by atoms with E-state index in [0.29, 0.717) is 16.1 Å². The fourth-order valence-corrected chi connectivity index (χ4v) is 4.65. The Morgan fingerprint density at radius 2 is 1.86 bits per heavy atom. The van der Waals surface area contributed by atoms with Crippen LogP contribution in [-0.4, -0.2) is 20.5 Å². The fourth-order valence-electron chi connectivity index (χ4n) is 1.89. The van der Waals surface area contributed by atoms with Gasteiger partial charge in [0, 0.05) is 17.1 Å². The molecule has 1 atom stereocenters. The zero-order valence-corrected chi connectivity index (χ0v) is 15.2. The molecule has 21 heavy (non-hydrogen) atoms. The minimum atomic E-state index is -3.83. The monoisotopic (exact) mass is 352 g/mol. The molecule has 0 aliphatic carbocycles. The highest BCUT2D eigenvalue weighted by molar-refractivity contribution is 7.89. The first-order valence-corrected chi connectivity index (χ1v) is 8.89. The van der Waals surface area contributed by atoms with E-state index in [1.807, 2.05) is 13.8 Å². The van der Waals surface area contributed by atoms with Gasteiger partial charge in [0.15, 0.2) is 0 Å². The quantitative estimate of drug-likeness (QED) is 0.853. The number of benzene rings is 1. The van der Waals surface area contributed by atoms with Gasteiger partial charge in [-0.1, -0.05) is 37.0 Å². The lowest BCUT2D eigenvalue weighted by atomic mass is 9.90. The molecule has 0 heterocycles. The molecule has 0 saturated heterocycles. The van der Waals surface area contributed by atoms with Crippen LogP contribution in [0.1, 0.15) is 31.9 Å². The molecule has 0 aromatic heterocycles. The van der Waals surface area contributed by atoms with Crippen molar-refractivity contribution in [3.63, 3.8) is 0 Å². The minimum Gasteiger partial charge on any atom is -0.329 e. The molecule has 120 valence electrons. The van der Waals surface area contributed by atoms with Crippen LogP contribution in [-0.2, 0) is 10.0 Å². The van der Waals surface area contributed by atoms with Crippen molar-refractivity contribution in [3.05, 3.63) is 27.2 Å². The number of hydrogen-bond acceptors (Lipinski definition) is 3. The summed E-state index contributed by atoms with van der Waals surface area (Å²) in [6.45, 7) is 9.13. The fraction of sp³-hybridized carbons (Fsp3) is 0.571. The van der Waals surface area contributed by atoms with Crippen LogP contribution in [0, 0.1) is 19.8 Å². The highest BCUT2D eigenvalue weighted by atomic mass is 35.5. The SMILES string of the molecule is Cc1cc(Cl)c(C)c(S(=O)(=O)NC(C)(CN)C(C)C)c1Cl. The van der Waals surface area contributed by atoms with E-state index < -0.39 is 15.6 Å². The molecule has 1 aromatic rings. The molecule has 4 nitrogen and oxygen atoms in total. The van der Waals surface area contributed by atoms with E-state index in [9.17, 15) is 8.42 Å². The molecule has 0 fully saturated rings. The Balaban J connectivity index is 3.46. The lowest BCUT2D eigenvalue weighted by Crippen LogP contribution is -2.54. The van der Waals surface area contributed by atoms with E-state index in [1.165, 1.54) is 0 Å². The maximum Gasteiger partial charge on any atom is 0.242 e. The summed E-state index contributed by atoms with van der Waals surface area (Å²) >= 11 is 12.3. The van der Waals surface area contributed by atoms with Gasteiger partial charge in [0.2, 0.25) is 10.0 Å². The van der Waals surface area contributed by atoms with Gasteiger partial charge >= 0.3 is 0 Å². The van der Waals surface area contributed by atoms with E-state index in [4.69, 9.17) is 28.9 Å². The number of hydrogen-bond donors (Lipinski definition) is 2. The number of nitrogens with two attached hydrogens (primary N) is 1. The van der Waals surface area contributed by atoms with Gasteiger partial charge in [-0.2, -0.15) is 0 Å². The van der Waals surface area contributed by atoms with E-state index in [0.717, 1.165) is 0 Å². The summed E-state index contributed by atoms with van der Waals surface area (Å²) in [6, 6.07) is 1.66. The van der Waals surface area contributed by atoms with Crippen molar-refractivity contribution >= 4 is 33.2 Å². The van der Waals surface area contributed by atoms with E-state index in [-0.39, 0.29) is 22.4 Å². The van der Waals surface area contributed by atoms with Crippen molar-refractivity contribution in [1.29, 1.82) is 0 Å². The zero-order valence-electron chi connectivity index (χ0n) is 12.9. The molecule has 0 aliphatic rings. The number of rotatable bonds is 5. The summed E-state index contributed by atoms with van der Waals surface area (Å²) < 4.78 is 28.2. The van der Waals surface area contributed by atoms with Crippen molar-refractivity contribution in [2.45, 2.75) is 45.1 Å². The number of nitrogens with one attached hydrogen (secondary N) is 1. The molecular weight excluding hydrogens is 331 g/mol. The van der Waals surface area contributed by atoms with Crippen LogP contribution >= 0.6 is 23.2 Å². The van der Waals surface area contributed by atoms with Crippen molar-refractivity contribution < 1.29 is 8.42 Å². The second kappa shape index (κ2) is 6.42. The van der Waals surface area contributed by atoms with Gasteiger partial charge in [0.25, 0.3) is 0 Å². The summed E-state index contributed by atoms with van der Waals surface area (Å²) in [4.78, 5) is 0.0227. The molecular formula is C14H22Cl2N2O2S. The Kier molecular flexibility index (Phi) is 5.73. The number of aryl methyl sites for hydroxylation is 1. The highest BCUT2D eigenvalue weighted by Gasteiger charge is 2.34. The predicted octanol–water partition coefficient (Wildman–Crippen LogP) is 3.26. The summed E-state index contributed by atoms with van der Waals surface area (Å²) in [5, 5.41) is 0.559. The van der Waals surface area contributed by atoms with Gasteiger partial charge in [0.1, 0.15) is 4.90 Å².